The van der Waals surface area contributed by atoms with Crippen LogP contribution in [0.2, 0.25) is 0 Å². The molecular formula is C12H12N4O2S. The van der Waals surface area contributed by atoms with E-state index in [1.807, 2.05) is 39.9 Å². The molecular weight excluding hydrogens is 264 g/mol. The van der Waals surface area contributed by atoms with Crippen LogP contribution in [0.1, 0.15) is 12.2 Å². The topological polar surface area (TPSA) is 72.4 Å². The average Bonchev–Trinajstić information content (AvgIpc) is 3.02. The highest BCUT2D eigenvalue weighted by Crippen LogP contribution is 2.26. The summed E-state index contributed by atoms with van der Waals surface area (Å²) in [7, 11) is 1.96. The Morgan fingerprint density at radius 3 is 3.00 bits per heavy atom. The number of carbonyl (C=O) groups is 1. The van der Waals surface area contributed by atoms with Gasteiger partial charge in [-0.2, -0.15) is 0 Å². The number of carboxylic acids is 1. The number of thiazole rings is 1. The lowest BCUT2D eigenvalue weighted by Crippen LogP contribution is -2.01. The molecule has 98 valence electrons. The highest BCUT2D eigenvalue weighted by atomic mass is 32.1. The monoisotopic (exact) mass is 276 g/mol. The van der Waals surface area contributed by atoms with Crippen molar-refractivity contribution >= 4 is 22.3 Å². The lowest BCUT2D eigenvalue weighted by atomic mass is 10.2. The number of hydrogen-bond acceptors (Lipinski definition) is 4. The third kappa shape index (κ3) is 2.12. The van der Waals surface area contributed by atoms with Crippen LogP contribution in [0.5, 0.6) is 0 Å². The Hall–Kier alpha value is -2.15. The van der Waals surface area contributed by atoms with Gasteiger partial charge < -0.3 is 9.67 Å². The van der Waals surface area contributed by atoms with E-state index in [2.05, 4.69) is 10.2 Å². The van der Waals surface area contributed by atoms with Crippen LogP contribution >= 0.6 is 11.3 Å². The minimum Gasteiger partial charge on any atom is -0.481 e. The van der Waals surface area contributed by atoms with Gasteiger partial charge in [-0.1, -0.05) is 0 Å². The second-order valence-corrected chi connectivity index (χ2v) is 5.15. The Morgan fingerprint density at radius 1 is 1.47 bits per heavy atom. The maximum Gasteiger partial charge on any atom is 0.303 e. The van der Waals surface area contributed by atoms with Crippen molar-refractivity contribution < 1.29 is 9.90 Å². The predicted molar refractivity (Wildman–Crippen MR) is 71.2 cm³/mol. The van der Waals surface area contributed by atoms with E-state index in [0.717, 1.165) is 16.2 Å². The summed E-state index contributed by atoms with van der Waals surface area (Å²) >= 11 is 1.51. The van der Waals surface area contributed by atoms with Crippen molar-refractivity contribution in [2.24, 2.45) is 7.05 Å². The third-order valence-electron chi connectivity index (χ3n) is 2.91. The average molecular weight is 276 g/mol. The van der Waals surface area contributed by atoms with Crippen LogP contribution in [0.3, 0.4) is 0 Å². The molecule has 3 rings (SSSR count). The van der Waals surface area contributed by atoms with E-state index in [1.54, 1.807) is 0 Å². The summed E-state index contributed by atoms with van der Waals surface area (Å²) in [6.45, 7) is 0. The van der Waals surface area contributed by atoms with Crippen LogP contribution in [0.25, 0.3) is 16.2 Å². The summed E-state index contributed by atoms with van der Waals surface area (Å²) in [5, 5.41) is 18.9. The maximum atomic E-state index is 10.7. The van der Waals surface area contributed by atoms with Crippen molar-refractivity contribution in [3.8, 4) is 11.3 Å². The molecule has 0 aliphatic heterocycles. The first-order chi connectivity index (χ1) is 9.15. The van der Waals surface area contributed by atoms with E-state index in [-0.39, 0.29) is 6.42 Å². The van der Waals surface area contributed by atoms with Crippen molar-refractivity contribution in [3.05, 3.63) is 29.7 Å². The van der Waals surface area contributed by atoms with E-state index in [4.69, 9.17) is 5.11 Å². The van der Waals surface area contributed by atoms with E-state index in [0.29, 0.717) is 12.2 Å². The molecule has 0 aliphatic carbocycles. The molecule has 0 atom stereocenters. The molecule has 0 saturated carbocycles. The first-order valence-electron chi connectivity index (χ1n) is 5.81. The summed E-state index contributed by atoms with van der Waals surface area (Å²) in [5.74, 6) is -0.134. The van der Waals surface area contributed by atoms with Crippen LogP contribution in [0.15, 0.2) is 23.8 Å². The number of aliphatic carboxylic acids is 1. The predicted octanol–water partition coefficient (Wildman–Crippen LogP) is 1.81. The number of aryl methyl sites for hydroxylation is 2. The molecule has 1 N–H and O–H groups in total. The zero-order valence-electron chi connectivity index (χ0n) is 10.3. The van der Waals surface area contributed by atoms with E-state index >= 15 is 0 Å². The van der Waals surface area contributed by atoms with Gasteiger partial charge in [-0.3, -0.25) is 9.20 Å². The molecule has 0 aromatic carbocycles. The van der Waals surface area contributed by atoms with Crippen LogP contribution < -0.4 is 0 Å². The molecule has 19 heavy (non-hydrogen) atoms. The van der Waals surface area contributed by atoms with Gasteiger partial charge in [0.05, 0.1) is 12.1 Å². The minimum atomic E-state index is -0.826. The maximum absolute atomic E-state index is 10.7. The quantitative estimate of drug-likeness (QED) is 0.789. The van der Waals surface area contributed by atoms with Crippen molar-refractivity contribution in [1.82, 2.24) is 19.2 Å². The number of hydrogen-bond donors (Lipinski definition) is 1. The van der Waals surface area contributed by atoms with Crippen molar-refractivity contribution in [3.63, 3.8) is 0 Å². The number of aromatic nitrogens is 4. The molecule has 0 unspecified atom stereocenters. The zero-order valence-corrected chi connectivity index (χ0v) is 11.1. The van der Waals surface area contributed by atoms with Gasteiger partial charge in [0.15, 0.2) is 0 Å². The van der Waals surface area contributed by atoms with Gasteiger partial charge in [-0.15, -0.1) is 21.5 Å². The third-order valence-corrected chi connectivity index (χ3v) is 3.72. The second-order valence-electron chi connectivity index (χ2n) is 4.31. The largest absolute Gasteiger partial charge is 0.481 e. The van der Waals surface area contributed by atoms with E-state index in [1.165, 1.54) is 11.3 Å². The molecule has 3 aromatic rings. The SMILES string of the molecule is Cn1ccc(-c2csc3nnc(CCC(=O)O)n23)c1. The van der Waals surface area contributed by atoms with E-state index in [9.17, 15) is 4.79 Å². The zero-order chi connectivity index (χ0) is 13.4. The van der Waals surface area contributed by atoms with Gasteiger partial charge in [0.1, 0.15) is 5.82 Å². The lowest BCUT2D eigenvalue weighted by Gasteiger charge is -1.99. The fourth-order valence-corrected chi connectivity index (χ4v) is 2.87. The molecule has 3 aromatic heterocycles. The van der Waals surface area contributed by atoms with Crippen molar-refractivity contribution in [1.29, 1.82) is 0 Å². The minimum absolute atomic E-state index is 0.0604. The molecule has 0 amide bonds. The molecule has 0 radical (unpaired) electrons. The van der Waals surface area contributed by atoms with Gasteiger partial charge in [0.25, 0.3) is 0 Å². The lowest BCUT2D eigenvalue weighted by molar-refractivity contribution is -0.137. The standard InChI is InChI=1S/C12H12N4O2S/c1-15-5-4-8(6-15)9-7-19-12-14-13-10(16(9)12)2-3-11(17)18/h4-7H,2-3H2,1H3,(H,17,18). The van der Waals surface area contributed by atoms with Gasteiger partial charge in [0, 0.05) is 36.8 Å². The molecule has 3 heterocycles. The van der Waals surface area contributed by atoms with Gasteiger partial charge in [0.2, 0.25) is 4.96 Å². The summed E-state index contributed by atoms with van der Waals surface area (Å²) in [4.78, 5) is 11.5. The molecule has 0 spiro atoms. The highest BCUT2D eigenvalue weighted by Gasteiger charge is 2.14. The van der Waals surface area contributed by atoms with Crippen molar-refractivity contribution in [2.75, 3.05) is 0 Å². The van der Waals surface area contributed by atoms with Crippen LogP contribution in [-0.2, 0) is 18.3 Å². The fourth-order valence-electron chi connectivity index (χ4n) is 2.01. The Morgan fingerprint density at radius 2 is 2.32 bits per heavy atom. The smallest absolute Gasteiger partial charge is 0.303 e. The second kappa shape index (κ2) is 4.51. The van der Waals surface area contributed by atoms with Gasteiger partial charge in [-0.25, -0.2) is 0 Å². The van der Waals surface area contributed by atoms with Crippen LogP contribution in [0, 0.1) is 0 Å². The normalized spacial score (nSPS) is 11.2. The highest BCUT2D eigenvalue weighted by molar-refractivity contribution is 7.15. The fraction of sp³-hybridized carbons (Fsp3) is 0.250. The molecule has 0 fully saturated rings. The summed E-state index contributed by atoms with van der Waals surface area (Å²) in [5.41, 5.74) is 2.08. The number of fused-ring (bicyclic) bond motifs is 1. The number of carboxylic acid groups (broad SMARTS) is 1. The molecule has 0 saturated heterocycles. The van der Waals surface area contributed by atoms with E-state index < -0.39 is 5.97 Å². The Labute approximate surface area is 112 Å². The number of rotatable bonds is 4. The number of nitrogens with zero attached hydrogens (tertiary/aromatic N) is 4. The Kier molecular flexibility index (Phi) is 2.83. The summed E-state index contributed by atoms with van der Waals surface area (Å²) in [6, 6.07) is 2.02. The molecule has 6 nitrogen and oxygen atoms in total. The summed E-state index contributed by atoms with van der Waals surface area (Å²) < 4.78 is 3.91. The van der Waals surface area contributed by atoms with Gasteiger partial charge >= 0.3 is 5.97 Å². The Balaban J connectivity index is 2.05. The first-order valence-corrected chi connectivity index (χ1v) is 6.69. The first kappa shape index (κ1) is 11.9. The molecule has 0 bridgehead atoms. The van der Waals surface area contributed by atoms with Crippen LogP contribution in [-0.4, -0.2) is 30.2 Å². The molecule has 0 aliphatic rings. The van der Waals surface area contributed by atoms with Gasteiger partial charge in [-0.05, 0) is 6.07 Å². The van der Waals surface area contributed by atoms with Crippen molar-refractivity contribution in [2.45, 2.75) is 12.8 Å². The van der Waals surface area contributed by atoms with Crippen LogP contribution in [0.4, 0.5) is 0 Å². The summed E-state index contributed by atoms with van der Waals surface area (Å²) in [6.07, 6.45) is 4.43. The molecule has 7 heteroatoms. The Bertz CT molecular complexity index is 740.